The molecule has 0 aromatic carbocycles. The second-order valence-corrected chi connectivity index (χ2v) is 4.19. The lowest BCUT2D eigenvalue weighted by atomic mass is 9.89. The van der Waals surface area contributed by atoms with Crippen LogP contribution in [0.15, 0.2) is 23.4 Å². The normalized spacial score (nSPS) is 17.8. The zero-order valence-electron chi connectivity index (χ0n) is 9.28. The Kier molecular flexibility index (Phi) is 3.75. The summed E-state index contributed by atoms with van der Waals surface area (Å²) >= 11 is 0. The fourth-order valence-electron chi connectivity index (χ4n) is 2.05. The first kappa shape index (κ1) is 10.9. The molecule has 0 radical (unpaired) electrons. The smallest absolute Gasteiger partial charge is 0.243 e. The van der Waals surface area contributed by atoms with E-state index in [9.17, 15) is 4.79 Å². The molecule has 86 valence electrons. The molecule has 1 aromatic rings. The summed E-state index contributed by atoms with van der Waals surface area (Å²) in [5.41, 5.74) is 3.49. The topological polar surface area (TPSA) is 57.2 Å². The second kappa shape index (κ2) is 5.49. The molecule has 0 spiro atoms. The molecule has 16 heavy (non-hydrogen) atoms. The highest BCUT2D eigenvalue weighted by atomic mass is 16.2. The molecule has 0 unspecified atom stereocenters. The van der Waals surface area contributed by atoms with E-state index < -0.39 is 0 Å². The highest BCUT2D eigenvalue weighted by molar-refractivity contribution is 5.82. The maximum absolute atomic E-state index is 11.7. The van der Waals surface area contributed by atoms with Gasteiger partial charge in [-0.3, -0.25) is 4.79 Å². The van der Waals surface area contributed by atoms with Crippen molar-refractivity contribution in [1.82, 2.24) is 10.4 Å². The van der Waals surface area contributed by atoms with E-state index in [-0.39, 0.29) is 11.8 Å². The summed E-state index contributed by atoms with van der Waals surface area (Å²) in [6.07, 6.45) is 9.05. The van der Waals surface area contributed by atoms with Crippen LogP contribution in [0.1, 0.15) is 37.8 Å². The summed E-state index contributed by atoms with van der Waals surface area (Å²) in [7, 11) is 0. The Morgan fingerprint density at radius 1 is 1.44 bits per heavy atom. The summed E-state index contributed by atoms with van der Waals surface area (Å²) < 4.78 is 0. The number of hydrazone groups is 1. The zero-order chi connectivity index (χ0) is 11.2. The second-order valence-electron chi connectivity index (χ2n) is 4.19. The quantitative estimate of drug-likeness (QED) is 0.593. The van der Waals surface area contributed by atoms with E-state index in [4.69, 9.17) is 0 Å². The van der Waals surface area contributed by atoms with E-state index >= 15 is 0 Å². The molecular weight excluding hydrogens is 202 g/mol. The maximum atomic E-state index is 11.7. The van der Waals surface area contributed by atoms with Crippen LogP contribution >= 0.6 is 0 Å². The van der Waals surface area contributed by atoms with Crippen LogP contribution in [0.3, 0.4) is 0 Å². The van der Waals surface area contributed by atoms with Crippen molar-refractivity contribution < 1.29 is 4.79 Å². The highest BCUT2D eigenvalue weighted by Gasteiger charge is 2.20. The van der Waals surface area contributed by atoms with E-state index in [1.165, 1.54) is 19.3 Å². The van der Waals surface area contributed by atoms with Crippen LogP contribution in [0.25, 0.3) is 0 Å². The van der Waals surface area contributed by atoms with E-state index in [0.29, 0.717) is 0 Å². The van der Waals surface area contributed by atoms with Gasteiger partial charge in [-0.05, 0) is 25.0 Å². The van der Waals surface area contributed by atoms with E-state index in [1.807, 2.05) is 18.3 Å². The Morgan fingerprint density at radius 2 is 2.25 bits per heavy atom. The van der Waals surface area contributed by atoms with E-state index in [2.05, 4.69) is 15.5 Å². The van der Waals surface area contributed by atoms with Gasteiger partial charge in [-0.25, -0.2) is 5.43 Å². The molecule has 0 bridgehead atoms. The minimum atomic E-state index is 0.0579. The van der Waals surface area contributed by atoms with Crippen LogP contribution in [0, 0.1) is 5.92 Å². The van der Waals surface area contributed by atoms with Gasteiger partial charge >= 0.3 is 0 Å². The van der Waals surface area contributed by atoms with Crippen molar-refractivity contribution in [3.05, 3.63) is 24.0 Å². The third-order valence-electron chi connectivity index (χ3n) is 2.98. The number of hydrogen-bond acceptors (Lipinski definition) is 2. The molecule has 0 atom stereocenters. The SMILES string of the molecule is O=C(N/N=C/c1ccc[nH]1)C1CCCCC1. The third-order valence-corrected chi connectivity index (χ3v) is 2.98. The summed E-state index contributed by atoms with van der Waals surface area (Å²) in [4.78, 5) is 14.7. The van der Waals surface area contributed by atoms with Crippen molar-refractivity contribution in [3.63, 3.8) is 0 Å². The number of amides is 1. The van der Waals surface area contributed by atoms with Crippen molar-refractivity contribution in [2.75, 3.05) is 0 Å². The lowest BCUT2D eigenvalue weighted by molar-refractivity contribution is -0.125. The van der Waals surface area contributed by atoms with Crippen LogP contribution < -0.4 is 5.43 Å². The average Bonchev–Trinajstić information content (AvgIpc) is 2.83. The molecule has 0 saturated heterocycles. The number of H-pyrrole nitrogens is 1. The van der Waals surface area contributed by atoms with Gasteiger partial charge in [-0.15, -0.1) is 0 Å². The van der Waals surface area contributed by atoms with Crippen LogP contribution in [-0.4, -0.2) is 17.1 Å². The molecule has 4 nitrogen and oxygen atoms in total. The summed E-state index contributed by atoms with van der Waals surface area (Å²) in [6.45, 7) is 0. The van der Waals surface area contributed by atoms with Gasteiger partial charge in [-0.2, -0.15) is 5.10 Å². The zero-order valence-corrected chi connectivity index (χ0v) is 9.28. The molecule has 2 rings (SSSR count). The van der Waals surface area contributed by atoms with Crippen molar-refractivity contribution in [2.45, 2.75) is 32.1 Å². The largest absolute Gasteiger partial charge is 0.360 e. The number of aromatic amines is 1. The predicted octanol–water partition coefficient (Wildman–Crippen LogP) is 2.05. The highest BCUT2D eigenvalue weighted by Crippen LogP contribution is 2.23. The molecular formula is C12H17N3O. The summed E-state index contributed by atoms with van der Waals surface area (Å²) in [6, 6.07) is 3.79. The van der Waals surface area contributed by atoms with Gasteiger partial charge in [0.2, 0.25) is 5.91 Å². The molecule has 2 N–H and O–H groups in total. The molecule has 1 aliphatic carbocycles. The van der Waals surface area contributed by atoms with Crippen molar-refractivity contribution in [3.8, 4) is 0 Å². The Morgan fingerprint density at radius 3 is 2.94 bits per heavy atom. The molecule has 0 aliphatic heterocycles. The van der Waals surface area contributed by atoms with Crippen LogP contribution in [0.2, 0.25) is 0 Å². The first-order valence-electron chi connectivity index (χ1n) is 5.82. The summed E-state index contributed by atoms with van der Waals surface area (Å²) in [5.74, 6) is 0.219. The minimum absolute atomic E-state index is 0.0579. The monoisotopic (exact) mass is 219 g/mol. The first-order chi connectivity index (χ1) is 7.86. The number of aromatic nitrogens is 1. The minimum Gasteiger partial charge on any atom is -0.360 e. The number of hydrogen-bond donors (Lipinski definition) is 2. The Bertz CT molecular complexity index is 350. The van der Waals surface area contributed by atoms with Gasteiger partial charge in [-0.1, -0.05) is 19.3 Å². The molecule has 1 aliphatic rings. The molecule has 4 heteroatoms. The van der Waals surface area contributed by atoms with Crippen molar-refractivity contribution in [1.29, 1.82) is 0 Å². The molecule has 1 aromatic heterocycles. The van der Waals surface area contributed by atoms with Gasteiger partial charge < -0.3 is 4.98 Å². The summed E-state index contributed by atoms with van der Waals surface area (Å²) in [5, 5.41) is 3.93. The fraction of sp³-hybridized carbons (Fsp3) is 0.500. The molecule has 1 fully saturated rings. The molecule has 1 amide bonds. The molecule has 1 saturated carbocycles. The van der Waals surface area contributed by atoms with Crippen molar-refractivity contribution in [2.24, 2.45) is 11.0 Å². The third kappa shape index (κ3) is 2.95. The number of carbonyl (C=O) groups is 1. The molecule has 1 heterocycles. The first-order valence-corrected chi connectivity index (χ1v) is 5.82. The average molecular weight is 219 g/mol. The Hall–Kier alpha value is -1.58. The Balaban J connectivity index is 1.78. The lowest BCUT2D eigenvalue weighted by Gasteiger charge is -2.19. The fourth-order valence-corrected chi connectivity index (χ4v) is 2.05. The van der Waals surface area contributed by atoms with Crippen molar-refractivity contribution >= 4 is 12.1 Å². The van der Waals surface area contributed by atoms with Gasteiger partial charge in [0, 0.05) is 12.1 Å². The van der Waals surface area contributed by atoms with Gasteiger partial charge in [0.15, 0.2) is 0 Å². The predicted molar refractivity (Wildman–Crippen MR) is 63.1 cm³/mol. The van der Waals surface area contributed by atoms with Crippen LogP contribution in [0.5, 0.6) is 0 Å². The Labute approximate surface area is 95.1 Å². The number of nitrogens with zero attached hydrogens (tertiary/aromatic N) is 1. The van der Waals surface area contributed by atoms with E-state index in [0.717, 1.165) is 18.5 Å². The van der Waals surface area contributed by atoms with Gasteiger partial charge in [0.1, 0.15) is 0 Å². The maximum Gasteiger partial charge on any atom is 0.243 e. The number of nitrogens with one attached hydrogen (secondary N) is 2. The number of carbonyl (C=O) groups excluding carboxylic acids is 1. The standard InChI is InChI=1S/C12H17N3O/c16-12(10-5-2-1-3-6-10)15-14-9-11-7-4-8-13-11/h4,7-10,13H,1-3,5-6H2,(H,15,16)/b14-9+. The number of rotatable bonds is 3. The van der Waals surface area contributed by atoms with Gasteiger partial charge in [0.05, 0.1) is 11.9 Å². The lowest BCUT2D eigenvalue weighted by Crippen LogP contribution is -2.28. The van der Waals surface area contributed by atoms with Crippen LogP contribution in [-0.2, 0) is 4.79 Å². The van der Waals surface area contributed by atoms with Crippen LogP contribution in [0.4, 0.5) is 0 Å². The van der Waals surface area contributed by atoms with E-state index in [1.54, 1.807) is 6.21 Å². The van der Waals surface area contributed by atoms with Gasteiger partial charge in [0.25, 0.3) is 0 Å².